The summed E-state index contributed by atoms with van der Waals surface area (Å²) < 4.78 is 12.5. The molecule has 2 N–H and O–H groups in total. The number of fused-ring (bicyclic) bond motifs is 5. The Hall–Kier alpha value is -3.87. The number of amides is 1. The number of nitrogens with zero attached hydrogens (tertiary/aromatic N) is 2. The van der Waals surface area contributed by atoms with Gasteiger partial charge in [-0.05, 0) is 67.8 Å². The molecule has 2 aromatic heterocycles. The Morgan fingerprint density at radius 2 is 1.94 bits per heavy atom. The molecule has 7 rings (SSSR count). The fourth-order valence-corrected chi connectivity index (χ4v) is 5.16. The van der Waals surface area contributed by atoms with E-state index in [-0.39, 0.29) is 23.8 Å². The van der Waals surface area contributed by atoms with Crippen molar-refractivity contribution in [3.05, 3.63) is 70.7 Å². The number of aryl methyl sites for hydroxylation is 2. The molecule has 0 spiro atoms. The molecular weight excluding hydrogens is 416 g/mol. The van der Waals surface area contributed by atoms with E-state index in [1.165, 1.54) is 11.1 Å². The minimum atomic E-state index is -0.0106. The molecule has 0 saturated heterocycles. The van der Waals surface area contributed by atoms with Crippen LogP contribution in [0.5, 0.6) is 17.2 Å². The van der Waals surface area contributed by atoms with E-state index in [0.29, 0.717) is 18.7 Å². The zero-order valence-electron chi connectivity index (χ0n) is 18.3. The second-order valence-electron chi connectivity index (χ2n) is 9.20. The van der Waals surface area contributed by atoms with Crippen LogP contribution in [0.1, 0.15) is 46.3 Å². The van der Waals surface area contributed by atoms with Crippen molar-refractivity contribution in [2.24, 2.45) is 0 Å². The van der Waals surface area contributed by atoms with Crippen molar-refractivity contribution in [1.29, 1.82) is 0 Å². The second-order valence-corrected chi connectivity index (χ2v) is 9.20. The first kappa shape index (κ1) is 18.7. The molecule has 0 radical (unpaired) electrons. The summed E-state index contributed by atoms with van der Waals surface area (Å²) >= 11 is 0. The van der Waals surface area contributed by atoms with Crippen LogP contribution < -0.4 is 14.8 Å². The molecule has 0 unspecified atom stereocenters. The van der Waals surface area contributed by atoms with Crippen molar-refractivity contribution in [2.45, 2.75) is 44.6 Å². The molecule has 1 fully saturated rings. The van der Waals surface area contributed by atoms with Crippen LogP contribution in [0.25, 0.3) is 11.0 Å². The molecule has 1 aliphatic carbocycles. The van der Waals surface area contributed by atoms with Gasteiger partial charge in [0.05, 0.1) is 17.0 Å². The molecule has 3 aliphatic rings. The van der Waals surface area contributed by atoms with Crippen LogP contribution in [0.4, 0.5) is 5.82 Å². The van der Waals surface area contributed by atoms with E-state index in [1.54, 1.807) is 6.20 Å². The highest BCUT2D eigenvalue weighted by atomic mass is 16.5. The lowest BCUT2D eigenvalue weighted by atomic mass is 10.1. The predicted molar refractivity (Wildman–Crippen MR) is 123 cm³/mol. The van der Waals surface area contributed by atoms with E-state index >= 15 is 0 Å². The van der Waals surface area contributed by atoms with E-state index in [0.717, 1.165) is 45.2 Å². The van der Waals surface area contributed by atoms with Crippen LogP contribution in [0.2, 0.25) is 0 Å². The fraction of sp³-hybridized carbons (Fsp3) is 0.269. The van der Waals surface area contributed by atoms with Crippen LogP contribution in [0, 0.1) is 13.8 Å². The Kier molecular flexibility index (Phi) is 3.72. The lowest BCUT2D eigenvalue weighted by Crippen LogP contribution is -2.20. The largest absolute Gasteiger partial charge is 0.489 e. The van der Waals surface area contributed by atoms with Crippen molar-refractivity contribution in [3.8, 4) is 17.2 Å². The maximum absolute atomic E-state index is 11.7. The summed E-state index contributed by atoms with van der Waals surface area (Å²) in [6, 6.07) is 12.1. The van der Waals surface area contributed by atoms with Gasteiger partial charge in [0.25, 0.3) is 0 Å². The summed E-state index contributed by atoms with van der Waals surface area (Å²) in [5.74, 6) is 4.47. The molecule has 2 aromatic carbocycles. The van der Waals surface area contributed by atoms with E-state index in [1.807, 2.05) is 18.2 Å². The topological polar surface area (TPSA) is 89.1 Å². The third kappa shape index (κ3) is 2.85. The van der Waals surface area contributed by atoms with Gasteiger partial charge in [-0.2, -0.15) is 0 Å². The highest BCUT2D eigenvalue weighted by Gasteiger charge is 2.61. The molecule has 7 heteroatoms. The number of pyridine rings is 1. The lowest BCUT2D eigenvalue weighted by Gasteiger charge is -2.19. The summed E-state index contributed by atoms with van der Waals surface area (Å²) in [4.78, 5) is 24.3. The van der Waals surface area contributed by atoms with Crippen LogP contribution in [0.15, 0.2) is 42.6 Å². The number of rotatable bonds is 3. The molecule has 7 nitrogen and oxygen atoms in total. The van der Waals surface area contributed by atoms with E-state index in [9.17, 15) is 4.79 Å². The first-order valence-electron chi connectivity index (χ1n) is 11.3. The molecule has 164 valence electrons. The molecule has 4 aromatic rings. The monoisotopic (exact) mass is 438 g/mol. The highest BCUT2D eigenvalue weighted by molar-refractivity contribution is 5.93. The zero-order chi connectivity index (χ0) is 22.3. The zero-order valence-corrected chi connectivity index (χ0v) is 18.3. The molecule has 2 aliphatic heterocycles. The Labute approximate surface area is 190 Å². The maximum Gasteiger partial charge on any atom is 0.225 e. The molecule has 0 bridgehead atoms. The van der Waals surface area contributed by atoms with Gasteiger partial charge in [0.1, 0.15) is 35.0 Å². The van der Waals surface area contributed by atoms with Crippen molar-refractivity contribution >= 4 is 22.8 Å². The molecule has 4 heterocycles. The third-order valence-electron chi connectivity index (χ3n) is 7.09. The molecular formula is C26H22N4O3. The quantitative estimate of drug-likeness (QED) is 0.475. The van der Waals surface area contributed by atoms with Gasteiger partial charge in [0.15, 0.2) is 0 Å². The standard InChI is InChI=1S/C26H22N4O3/c1-12-9-17-18(10-13(12)2)29-26(28-17)23-22-16-11-14(3-5-19(16)33-24(22)23)32-20-7-8-27-25-15(20)4-6-21(31)30-25/h3,5,7-11,22-24H,4,6H2,1-2H3,(H,28,29)(H,27,30,31)/t22-,23-,24-/m1/s1. The van der Waals surface area contributed by atoms with Crippen molar-refractivity contribution in [2.75, 3.05) is 5.32 Å². The van der Waals surface area contributed by atoms with Crippen LogP contribution in [-0.4, -0.2) is 27.0 Å². The first-order valence-corrected chi connectivity index (χ1v) is 11.3. The Bertz CT molecular complexity index is 1440. The van der Waals surface area contributed by atoms with E-state index in [4.69, 9.17) is 14.5 Å². The van der Waals surface area contributed by atoms with Gasteiger partial charge in [0.2, 0.25) is 5.91 Å². The number of H-pyrrole nitrogens is 1. The first-order chi connectivity index (χ1) is 16.0. The SMILES string of the molecule is Cc1cc2nc([C@H]3[C@@H]4Oc5ccc(Oc6ccnc7c6CCC(=O)N7)cc5[C@@H]43)[nH]c2cc1C. The fourth-order valence-electron chi connectivity index (χ4n) is 5.16. The number of hydrogen-bond acceptors (Lipinski definition) is 5. The third-order valence-corrected chi connectivity index (χ3v) is 7.09. The van der Waals surface area contributed by atoms with Crippen LogP contribution >= 0.6 is 0 Å². The molecule has 3 atom stereocenters. The van der Waals surface area contributed by atoms with Gasteiger partial charge in [-0.1, -0.05) is 0 Å². The van der Waals surface area contributed by atoms with Gasteiger partial charge >= 0.3 is 0 Å². The van der Waals surface area contributed by atoms with Crippen molar-refractivity contribution < 1.29 is 14.3 Å². The number of nitrogens with one attached hydrogen (secondary N) is 2. The average Bonchev–Trinajstić information content (AvgIpc) is 3.15. The summed E-state index contributed by atoms with van der Waals surface area (Å²) in [5.41, 5.74) is 6.68. The highest BCUT2D eigenvalue weighted by Crippen LogP contribution is 2.63. The molecule has 33 heavy (non-hydrogen) atoms. The number of anilines is 1. The van der Waals surface area contributed by atoms with E-state index in [2.05, 4.69) is 47.3 Å². The average molecular weight is 438 g/mol. The number of carbonyl (C=O) groups excluding carboxylic acids is 1. The van der Waals surface area contributed by atoms with E-state index < -0.39 is 0 Å². The number of benzene rings is 2. The van der Waals surface area contributed by atoms with Crippen molar-refractivity contribution in [1.82, 2.24) is 15.0 Å². The van der Waals surface area contributed by atoms with Crippen molar-refractivity contribution in [3.63, 3.8) is 0 Å². The Morgan fingerprint density at radius 3 is 2.85 bits per heavy atom. The molecule has 1 saturated carbocycles. The summed E-state index contributed by atoms with van der Waals surface area (Å²) in [6.45, 7) is 4.24. The smallest absolute Gasteiger partial charge is 0.225 e. The molecule has 1 amide bonds. The lowest BCUT2D eigenvalue weighted by molar-refractivity contribution is -0.116. The number of aromatic amines is 1. The Morgan fingerprint density at radius 1 is 1.06 bits per heavy atom. The number of ether oxygens (including phenoxy) is 2. The Balaban J connectivity index is 1.18. The summed E-state index contributed by atoms with van der Waals surface area (Å²) in [6.07, 6.45) is 2.83. The predicted octanol–water partition coefficient (Wildman–Crippen LogP) is 4.89. The normalized spacial score (nSPS) is 22.2. The number of imidazole rings is 1. The minimum Gasteiger partial charge on any atom is -0.489 e. The minimum absolute atomic E-state index is 0.0106. The van der Waals surface area contributed by atoms with Gasteiger partial charge < -0.3 is 19.8 Å². The van der Waals surface area contributed by atoms with Gasteiger partial charge in [0, 0.05) is 29.7 Å². The number of carbonyl (C=O) groups is 1. The number of hydrogen-bond donors (Lipinski definition) is 2. The van der Waals surface area contributed by atoms with Crippen LogP contribution in [0.3, 0.4) is 0 Å². The summed E-state index contributed by atoms with van der Waals surface area (Å²) in [7, 11) is 0. The van der Waals surface area contributed by atoms with Gasteiger partial charge in [-0.15, -0.1) is 0 Å². The summed E-state index contributed by atoms with van der Waals surface area (Å²) in [5, 5.41) is 2.82. The maximum atomic E-state index is 11.7. The van der Waals surface area contributed by atoms with Gasteiger partial charge in [-0.25, -0.2) is 9.97 Å². The number of aromatic nitrogens is 3. The second kappa shape index (κ2) is 6.57. The van der Waals surface area contributed by atoms with Gasteiger partial charge in [-0.3, -0.25) is 4.79 Å². The van der Waals surface area contributed by atoms with Crippen LogP contribution in [-0.2, 0) is 11.2 Å².